The van der Waals surface area contributed by atoms with Gasteiger partial charge in [-0.05, 0) is 45.0 Å². The number of piperidine rings is 1. The van der Waals surface area contributed by atoms with Crippen LogP contribution >= 0.6 is 0 Å². The summed E-state index contributed by atoms with van der Waals surface area (Å²) < 4.78 is 24.2. The Bertz CT molecular complexity index is 797. The summed E-state index contributed by atoms with van der Waals surface area (Å²) in [5, 5.41) is 4.27. The van der Waals surface area contributed by atoms with Crippen molar-refractivity contribution >= 4 is 26.4 Å². The van der Waals surface area contributed by atoms with Crippen LogP contribution in [0.3, 0.4) is 0 Å². The summed E-state index contributed by atoms with van der Waals surface area (Å²) in [4.78, 5) is 6.90. The number of fused-ring (bicyclic) bond motifs is 1. The van der Waals surface area contributed by atoms with Crippen LogP contribution in [-0.2, 0) is 9.84 Å². The van der Waals surface area contributed by atoms with E-state index in [1.165, 1.54) is 12.5 Å². The van der Waals surface area contributed by atoms with Gasteiger partial charge in [0.05, 0.1) is 11.2 Å². The molecule has 5 nitrogen and oxygen atoms in total. The smallest absolute Gasteiger partial charge is 0.179 e. The molecule has 0 radical (unpaired) electrons. The van der Waals surface area contributed by atoms with Crippen LogP contribution in [-0.4, -0.2) is 51.2 Å². The standard InChI is InChI=1S/C17H23N3O2S/c1-20-9-7-13(8-10-20)11-19-17-14-5-3-4-6-15(14)18-12-16(17)23(2,21)22/h3-6,12-13H,7-11H2,1-2H3,(H,18,19). The van der Waals surface area contributed by atoms with Gasteiger partial charge in [-0.3, -0.25) is 4.98 Å². The van der Waals surface area contributed by atoms with Crippen LogP contribution < -0.4 is 5.32 Å². The van der Waals surface area contributed by atoms with Gasteiger partial charge in [0.25, 0.3) is 0 Å². The first-order valence-electron chi connectivity index (χ1n) is 7.95. The average molecular weight is 333 g/mol. The van der Waals surface area contributed by atoms with Gasteiger partial charge in [-0.1, -0.05) is 18.2 Å². The molecule has 0 spiro atoms. The van der Waals surface area contributed by atoms with Crippen molar-refractivity contribution in [2.24, 2.45) is 5.92 Å². The van der Waals surface area contributed by atoms with Crippen molar-refractivity contribution in [1.29, 1.82) is 0 Å². The summed E-state index contributed by atoms with van der Waals surface area (Å²) in [5.41, 5.74) is 1.50. The van der Waals surface area contributed by atoms with E-state index in [1.54, 1.807) is 0 Å². The van der Waals surface area contributed by atoms with Gasteiger partial charge in [-0.15, -0.1) is 0 Å². The van der Waals surface area contributed by atoms with Gasteiger partial charge in [0, 0.05) is 24.4 Å². The van der Waals surface area contributed by atoms with Crippen LogP contribution in [0.2, 0.25) is 0 Å². The quantitative estimate of drug-likeness (QED) is 0.931. The molecule has 0 bridgehead atoms. The van der Waals surface area contributed by atoms with Crippen LogP contribution in [0.25, 0.3) is 10.9 Å². The van der Waals surface area contributed by atoms with Crippen LogP contribution in [0.1, 0.15) is 12.8 Å². The maximum Gasteiger partial charge on any atom is 0.179 e. The molecule has 2 heterocycles. The maximum absolute atomic E-state index is 12.1. The zero-order chi connectivity index (χ0) is 16.4. The van der Waals surface area contributed by atoms with Gasteiger partial charge in [0.2, 0.25) is 0 Å². The Morgan fingerprint density at radius 1 is 1.26 bits per heavy atom. The monoisotopic (exact) mass is 333 g/mol. The van der Waals surface area contributed by atoms with Crippen molar-refractivity contribution in [2.45, 2.75) is 17.7 Å². The molecule has 0 aliphatic carbocycles. The van der Waals surface area contributed by atoms with E-state index < -0.39 is 9.84 Å². The molecule has 0 atom stereocenters. The van der Waals surface area contributed by atoms with E-state index in [1.807, 2.05) is 24.3 Å². The maximum atomic E-state index is 12.1. The van der Waals surface area contributed by atoms with Crippen LogP contribution in [0.5, 0.6) is 0 Å². The molecule has 1 aliphatic heterocycles. The Morgan fingerprint density at radius 3 is 2.65 bits per heavy atom. The summed E-state index contributed by atoms with van der Waals surface area (Å²) in [7, 11) is -1.18. The van der Waals surface area contributed by atoms with E-state index in [9.17, 15) is 8.42 Å². The van der Waals surface area contributed by atoms with Crippen LogP contribution in [0.4, 0.5) is 5.69 Å². The zero-order valence-corrected chi connectivity index (χ0v) is 14.4. The summed E-state index contributed by atoms with van der Waals surface area (Å²) in [6.07, 6.45) is 4.98. The number of nitrogens with zero attached hydrogens (tertiary/aromatic N) is 2. The van der Waals surface area contributed by atoms with Gasteiger partial charge in [0.1, 0.15) is 4.90 Å². The van der Waals surface area contributed by atoms with E-state index >= 15 is 0 Å². The second kappa shape index (κ2) is 6.45. The summed E-state index contributed by atoms with van der Waals surface area (Å²) in [6, 6.07) is 7.66. The third-order valence-corrected chi connectivity index (χ3v) is 5.65. The molecule has 6 heteroatoms. The normalized spacial score (nSPS) is 17.5. The number of pyridine rings is 1. The Labute approximate surface area is 137 Å². The molecule has 23 heavy (non-hydrogen) atoms. The molecule has 0 unspecified atom stereocenters. The third-order valence-electron chi connectivity index (χ3n) is 4.55. The fourth-order valence-corrected chi connectivity index (χ4v) is 3.90. The minimum atomic E-state index is -3.32. The lowest BCUT2D eigenvalue weighted by Crippen LogP contribution is -2.33. The van der Waals surface area contributed by atoms with E-state index in [4.69, 9.17) is 0 Å². The highest BCUT2D eigenvalue weighted by Crippen LogP contribution is 2.30. The lowest BCUT2D eigenvalue weighted by Gasteiger charge is -2.29. The molecule has 2 aromatic rings. The predicted octanol–water partition coefficient (Wildman–Crippen LogP) is 2.39. The van der Waals surface area contributed by atoms with Crippen molar-refractivity contribution < 1.29 is 8.42 Å². The number of nitrogens with one attached hydrogen (secondary N) is 1. The molecule has 3 rings (SSSR count). The second-order valence-electron chi connectivity index (χ2n) is 6.41. The number of aromatic nitrogens is 1. The first-order chi connectivity index (χ1) is 10.9. The number of anilines is 1. The molecule has 0 amide bonds. The molecule has 1 fully saturated rings. The third kappa shape index (κ3) is 3.64. The van der Waals surface area contributed by atoms with Gasteiger partial charge in [-0.2, -0.15) is 0 Å². The topological polar surface area (TPSA) is 62.3 Å². The number of likely N-dealkylation sites (tertiary alicyclic amines) is 1. The highest BCUT2D eigenvalue weighted by Gasteiger charge is 2.20. The zero-order valence-electron chi connectivity index (χ0n) is 13.6. The fraction of sp³-hybridized carbons (Fsp3) is 0.471. The minimum Gasteiger partial charge on any atom is -0.383 e. The summed E-state index contributed by atoms with van der Waals surface area (Å²) in [5.74, 6) is 0.575. The van der Waals surface area contributed by atoms with Crippen molar-refractivity contribution in [3.05, 3.63) is 30.5 Å². The number of para-hydroxylation sites is 1. The Morgan fingerprint density at radius 2 is 1.96 bits per heavy atom. The molecule has 1 aromatic heterocycles. The lowest BCUT2D eigenvalue weighted by molar-refractivity contribution is 0.226. The van der Waals surface area contributed by atoms with Crippen molar-refractivity contribution in [2.75, 3.05) is 38.3 Å². The molecule has 124 valence electrons. The second-order valence-corrected chi connectivity index (χ2v) is 8.40. The van der Waals surface area contributed by atoms with Gasteiger partial charge < -0.3 is 10.2 Å². The highest BCUT2D eigenvalue weighted by atomic mass is 32.2. The van der Waals surface area contributed by atoms with Crippen LogP contribution in [0.15, 0.2) is 35.4 Å². The summed E-state index contributed by atoms with van der Waals surface area (Å²) >= 11 is 0. The highest BCUT2D eigenvalue weighted by molar-refractivity contribution is 7.90. The minimum absolute atomic E-state index is 0.282. The number of benzene rings is 1. The van der Waals surface area contributed by atoms with E-state index in [0.717, 1.165) is 43.4 Å². The Kier molecular flexibility index (Phi) is 4.55. The van der Waals surface area contributed by atoms with Gasteiger partial charge in [0.15, 0.2) is 9.84 Å². The van der Waals surface area contributed by atoms with E-state index in [2.05, 4.69) is 22.2 Å². The van der Waals surface area contributed by atoms with Gasteiger partial charge in [-0.25, -0.2) is 8.42 Å². The van der Waals surface area contributed by atoms with Crippen molar-refractivity contribution in [3.8, 4) is 0 Å². The number of hydrogen-bond donors (Lipinski definition) is 1. The molecule has 1 aromatic carbocycles. The first-order valence-corrected chi connectivity index (χ1v) is 9.84. The SMILES string of the molecule is CN1CCC(CNc2c(S(C)(=O)=O)cnc3ccccc23)CC1. The molecule has 1 aliphatic rings. The molecule has 1 saturated heterocycles. The number of hydrogen-bond acceptors (Lipinski definition) is 5. The fourth-order valence-electron chi connectivity index (χ4n) is 3.10. The average Bonchev–Trinajstić information content (AvgIpc) is 2.53. The van der Waals surface area contributed by atoms with E-state index in [0.29, 0.717) is 11.6 Å². The predicted molar refractivity (Wildman–Crippen MR) is 93.6 cm³/mol. The van der Waals surface area contributed by atoms with Crippen molar-refractivity contribution in [1.82, 2.24) is 9.88 Å². The number of sulfone groups is 1. The van der Waals surface area contributed by atoms with Crippen LogP contribution in [0, 0.1) is 5.92 Å². The molecule has 1 N–H and O–H groups in total. The molecule has 0 saturated carbocycles. The summed E-state index contributed by atoms with van der Waals surface area (Å²) in [6.45, 7) is 3.00. The van der Waals surface area contributed by atoms with E-state index in [-0.39, 0.29) is 4.90 Å². The Balaban J connectivity index is 1.91. The largest absolute Gasteiger partial charge is 0.383 e. The lowest BCUT2D eigenvalue weighted by atomic mass is 9.97. The first kappa shape index (κ1) is 16.2. The van der Waals surface area contributed by atoms with Crippen molar-refractivity contribution in [3.63, 3.8) is 0 Å². The number of rotatable bonds is 4. The van der Waals surface area contributed by atoms with Gasteiger partial charge >= 0.3 is 0 Å². The molecular formula is C17H23N3O2S. The Hall–Kier alpha value is -1.66. The molecular weight excluding hydrogens is 310 g/mol.